The van der Waals surface area contributed by atoms with Crippen molar-refractivity contribution in [1.82, 2.24) is 5.32 Å². The van der Waals surface area contributed by atoms with E-state index >= 15 is 0 Å². The van der Waals surface area contributed by atoms with E-state index < -0.39 is 5.97 Å². The molecule has 3 nitrogen and oxygen atoms in total. The van der Waals surface area contributed by atoms with Gasteiger partial charge >= 0.3 is 5.97 Å². The minimum absolute atomic E-state index is 0.246. The summed E-state index contributed by atoms with van der Waals surface area (Å²) in [5.74, 6) is -0.144. The van der Waals surface area contributed by atoms with Gasteiger partial charge in [0.2, 0.25) is 0 Å². The van der Waals surface area contributed by atoms with Crippen LogP contribution in [0.25, 0.3) is 0 Å². The third-order valence-corrected chi connectivity index (χ3v) is 2.98. The molecular formula is C15H23NO2. The molecule has 0 bridgehead atoms. The maximum absolute atomic E-state index is 10.3. The highest BCUT2D eigenvalue weighted by Gasteiger charge is 1.99. The standard InChI is InChI=1S/C15H23NO2/c1-12(2)14-7-5-13(6-8-14)9-11-16-10-3-4-15(17)18/h5-8,12,16H,3-4,9-11H2,1-2H3,(H,17,18). The van der Waals surface area contributed by atoms with Gasteiger partial charge in [-0.3, -0.25) is 4.79 Å². The van der Waals surface area contributed by atoms with E-state index in [1.54, 1.807) is 0 Å². The molecule has 0 atom stereocenters. The van der Waals surface area contributed by atoms with Crippen molar-refractivity contribution in [2.24, 2.45) is 0 Å². The second kappa shape index (κ2) is 7.88. The molecule has 1 aromatic rings. The molecule has 0 aromatic heterocycles. The quantitative estimate of drug-likeness (QED) is 0.696. The Morgan fingerprint density at radius 1 is 1.22 bits per heavy atom. The van der Waals surface area contributed by atoms with Crippen LogP contribution in [0.3, 0.4) is 0 Å². The van der Waals surface area contributed by atoms with Gasteiger partial charge in [0.05, 0.1) is 0 Å². The predicted octanol–water partition coefficient (Wildman–Crippen LogP) is 2.81. The van der Waals surface area contributed by atoms with Crippen molar-refractivity contribution in [3.63, 3.8) is 0 Å². The van der Waals surface area contributed by atoms with E-state index in [9.17, 15) is 4.79 Å². The molecule has 0 aliphatic carbocycles. The van der Waals surface area contributed by atoms with Crippen molar-refractivity contribution in [2.75, 3.05) is 13.1 Å². The molecule has 0 spiro atoms. The van der Waals surface area contributed by atoms with Crippen molar-refractivity contribution in [1.29, 1.82) is 0 Å². The first-order chi connectivity index (χ1) is 8.59. The van der Waals surface area contributed by atoms with E-state index in [4.69, 9.17) is 5.11 Å². The molecule has 1 aromatic carbocycles. The van der Waals surface area contributed by atoms with Crippen LogP contribution in [0.2, 0.25) is 0 Å². The maximum atomic E-state index is 10.3. The molecule has 100 valence electrons. The van der Waals surface area contributed by atoms with Crippen molar-refractivity contribution >= 4 is 5.97 Å². The molecule has 0 unspecified atom stereocenters. The fraction of sp³-hybridized carbons (Fsp3) is 0.533. The van der Waals surface area contributed by atoms with Crippen molar-refractivity contribution in [3.8, 4) is 0 Å². The van der Waals surface area contributed by atoms with Crippen LogP contribution >= 0.6 is 0 Å². The van der Waals surface area contributed by atoms with Crippen molar-refractivity contribution in [2.45, 2.75) is 39.0 Å². The van der Waals surface area contributed by atoms with E-state index in [0.717, 1.165) is 19.5 Å². The number of carbonyl (C=O) groups is 1. The van der Waals surface area contributed by atoms with E-state index in [1.807, 2.05) is 0 Å². The zero-order chi connectivity index (χ0) is 13.4. The molecule has 0 saturated carbocycles. The monoisotopic (exact) mass is 249 g/mol. The Morgan fingerprint density at radius 3 is 2.44 bits per heavy atom. The highest BCUT2D eigenvalue weighted by atomic mass is 16.4. The number of aliphatic carboxylic acids is 1. The molecular weight excluding hydrogens is 226 g/mol. The van der Waals surface area contributed by atoms with Crippen LogP contribution < -0.4 is 5.32 Å². The summed E-state index contributed by atoms with van der Waals surface area (Å²) in [6, 6.07) is 8.72. The van der Waals surface area contributed by atoms with Gasteiger partial charge in [0.25, 0.3) is 0 Å². The highest BCUT2D eigenvalue weighted by Crippen LogP contribution is 2.14. The lowest BCUT2D eigenvalue weighted by Crippen LogP contribution is -2.19. The first-order valence-electron chi connectivity index (χ1n) is 6.61. The molecule has 1 rings (SSSR count). The largest absolute Gasteiger partial charge is 0.481 e. The van der Waals surface area contributed by atoms with Gasteiger partial charge in [-0.15, -0.1) is 0 Å². The van der Waals surface area contributed by atoms with Gasteiger partial charge in [0.15, 0.2) is 0 Å². The predicted molar refractivity (Wildman–Crippen MR) is 74.0 cm³/mol. The van der Waals surface area contributed by atoms with Crippen LogP contribution in [0.1, 0.15) is 43.7 Å². The summed E-state index contributed by atoms with van der Waals surface area (Å²) in [6.07, 6.45) is 1.93. The Hall–Kier alpha value is -1.35. The normalized spacial score (nSPS) is 10.8. The first kappa shape index (κ1) is 14.7. The smallest absolute Gasteiger partial charge is 0.303 e. The lowest BCUT2D eigenvalue weighted by Gasteiger charge is -2.07. The van der Waals surface area contributed by atoms with Crippen LogP contribution in [-0.2, 0) is 11.2 Å². The minimum atomic E-state index is -0.721. The second-order valence-electron chi connectivity index (χ2n) is 4.89. The van der Waals surface area contributed by atoms with Crippen LogP contribution in [0.15, 0.2) is 24.3 Å². The van der Waals surface area contributed by atoms with Crippen LogP contribution in [0.5, 0.6) is 0 Å². The number of benzene rings is 1. The van der Waals surface area contributed by atoms with E-state index in [1.165, 1.54) is 11.1 Å². The molecule has 0 aliphatic heterocycles. The van der Waals surface area contributed by atoms with E-state index in [0.29, 0.717) is 12.3 Å². The second-order valence-corrected chi connectivity index (χ2v) is 4.89. The molecule has 0 heterocycles. The molecule has 0 amide bonds. The highest BCUT2D eigenvalue weighted by molar-refractivity contribution is 5.66. The van der Waals surface area contributed by atoms with Gasteiger partial charge in [-0.1, -0.05) is 38.1 Å². The third-order valence-electron chi connectivity index (χ3n) is 2.98. The Bertz CT molecular complexity index is 357. The van der Waals surface area contributed by atoms with Crippen molar-refractivity contribution < 1.29 is 9.90 Å². The lowest BCUT2D eigenvalue weighted by molar-refractivity contribution is -0.137. The van der Waals surface area contributed by atoms with Gasteiger partial charge in [-0.05, 0) is 43.0 Å². The van der Waals surface area contributed by atoms with Gasteiger partial charge in [-0.25, -0.2) is 0 Å². The number of carboxylic acids is 1. The number of hydrogen-bond acceptors (Lipinski definition) is 2. The maximum Gasteiger partial charge on any atom is 0.303 e. The molecule has 2 N–H and O–H groups in total. The van der Waals surface area contributed by atoms with Gasteiger partial charge in [-0.2, -0.15) is 0 Å². The van der Waals surface area contributed by atoms with E-state index in [-0.39, 0.29) is 6.42 Å². The Morgan fingerprint density at radius 2 is 1.89 bits per heavy atom. The van der Waals surface area contributed by atoms with E-state index in [2.05, 4.69) is 43.4 Å². The van der Waals surface area contributed by atoms with Crippen molar-refractivity contribution in [3.05, 3.63) is 35.4 Å². The summed E-state index contributed by atoms with van der Waals surface area (Å²) in [6.45, 7) is 6.06. The summed E-state index contributed by atoms with van der Waals surface area (Å²) in [7, 11) is 0. The SMILES string of the molecule is CC(C)c1ccc(CCNCCCC(=O)O)cc1. The average molecular weight is 249 g/mol. The Balaban J connectivity index is 2.17. The molecule has 0 aliphatic rings. The minimum Gasteiger partial charge on any atom is -0.481 e. The number of hydrogen-bond donors (Lipinski definition) is 2. The summed E-state index contributed by atoms with van der Waals surface area (Å²) < 4.78 is 0. The number of nitrogens with one attached hydrogen (secondary N) is 1. The Labute approximate surface area is 109 Å². The number of carboxylic acid groups (broad SMARTS) is 1. The summed E-state index contributed by atoms with van der Waals surface area (Å²) in [5, 5.41) is 11.8. The topological polar surface area (TPSA) is 49.3 Å². The molecule has 0 fully saturated rings. The average Bonchev–Trinajstić information content (AvgIpc) is 2.34. The van der Waals surface area contributed by atoms with Crippen LogP contribution in [-0.4, -0.2) is 24.2 Å². The summed E-state index contributed by atoms with van der Waals surface area (Å²) >= 11 is 0. The molecule has 0 saturated heterocycles. The third kappa shape index (κ3) is 5.82. The van der Waals surface area contributed by atoms with Crippen LogP contribution in [0, 0.1) is 0 Å². The fourth-order valence-corrected chi connectivity index (χ4v) is 1.79. The van der Waals surface area contributed by atoms with Gasteiger partial charge in [0.1, 0.15) is 0 Å². The van der Waals surface area contributed by atoms with Gasteiger partial charge < -0.3 is 10.4 Å². The summed E-state index contributed by atoms with van der Waals surface area (Å²) in [5.41, 5.74) is 2.69. The van der Waals surface area contributed by atoms with Gasteiger partial charge in [0, 0.05) is 6.42 Å². The summed E-state index contributed by atoms with van der Waals surface area (Å²) in [4.78, 5) is 10.3. The zero-order valence-electron chi connectivity index (χ0n) is 11.3. The zero-order valence-corrected chi connectivity index (χ0v) is 11.3. The molecule has 3 heteroatoms. The lowest BCUT2D eigenvalue weighted by atomic mass is 10.0. The Kier molecular flexibility index (Phi) is 6.44. The fourth-order valence-electron chi connectivity index (χ4n) is 1.79. The molecule has 0 radical (unpaired) electrons. The molecule has 18 heavy (non-hydrogen) atoms. The first-order valence-corrected chi connectivity index (χ1v) is 6.61. The van der Waals surface area contributed by atoms with Crippen LogP contribution in [0.4, 0.5) is 0 Å². The number of rotatable bonds is 8.